The molecule has 12 aromatic rings. The maximum absolute atomic E-state index is 6.24. The summed E-state index contributed by atoms with van der Waals surface area (Å²) in [6.45, 7) is 0. The third-order valence-electron chi connectivity index (χ3n) is 13.4. The Hall–Kier alpha value is -7.98. The van der Waals surface area contributed by atoms with E-state index in [1.54, 1.807) is 0 Å². The molecule has 1 aliphatic carbocycles. The van der Waals surface area contributed by atoms with Crippen LogP contribution in [-0.2, 0) is 5.41 Å². The molecule has 0 saturated heterocycles. The van der Waals surface area contributed by atoms with Gasteiger partial charge in [-0.05, 0) is 117 Å². The molecule has 3 heteroatoms. The van der Waals surface area contributed by atoms with E-state index in [9.17, 15) is 0 Å². The molecule has 0 atom stereocenters. The van der Waals surface area contributed by atoms with Gasteiger partial charge in [0.05, 0.1) is 11.1 Å². The minimum Gasteiger partial charge on any atom is -0.456 e. The van der Waals surface area contributed by atoms with E-state index in [2.05, 4.69) is 229 Å². The number of anilines is 3. The lowest BCUT2D eigenvalue weighted by Gasteiger charge is -2.34. The zero-order chi connectivity index (χ0) is 42.2. The number of benzene rings is 10. The first kappa shape index (κ1) is 36.7. The van der Waals surface area contributed by atoms with Crippen molar-refractivity contribution in [3.05, 3.63) is 259 Å². The van der Waals surface area contributed by atoms with Crippen LogP contribution in [0.4, 0.5) is 17.1 Å². The van der Waals surface area contributed by atoms with Gasteiger partial charge in [0, 0.05) is 47.9 Å². The first-order valence-electron chi connectivity index (χ1n) is 21.9. The molecule has 0 fully saturated rings. The second-order valence-electron chi connectivity index (χ2n) is 16.8. The first-order chi connectivity index (χ1) is 31.7. The minimum atomic E-state index is -0.519. The molecule has 2 nitrogen and oxygen atoms in total. The van der Waals surface area contributed by atoms with Crippen LogP contribution in [0, 0.1) is 0 Å². The Balaban J connectivity index is 1.02. The number of para-hydroxylation sites is 1. The number of hydrogen-bond acceptors (Lipinski definition) is 3. The van der Waals surface area contributed by atoms with Crippen LogP contribution in [0.5, 0.6) is 0 Å². The Morgan fingerprint density at radius 2 is 0.953 bits per heavy atom. The van der Waals surface area contributed by atoms with E-state index in [-0.39, 0.29) is 0 Å². The van der Waals surface area contributed by atoms with E-state index >= 15 is 0 Å². The Labute approximate surface area is 375 Å². The summed E-state index contributed by atoms with van der Waals surface area (Å²) in [5.74, 6) is 0. The van der Waals surface area contributed by atoms with Gasteiger partial charge >= 0.3 is 0 Å². The standard InChI is InChI=1S/C61H39NOS/c1-3-16-44(17-4-1)61(45-18-5-2-6-19-45)53-24-10-7-23-50(53)60-54(61)25-14-26-55(60)62(46-33-29-40(30-34-46)42-32-36-59-52(39-42)49-22-9-12-28-58(49)64-59)47-20-13-15-41(37-47)43-31-35-57-51(38-43)48-21-8-11-27-56(48)63-57/h1-39H. The van der Waals surface area contributed by atoms with E-state index in [0.717, 1.165) is 50.1 Å². The van der Waals surface area contributed by atoms with E-state index in [4.69, 9.17) is 4.42 Å². The normalized spacial score (nSPS) is 12.8. The molecular weight excluding hydrogens is 795 g/mol. The molecule has 64 heavy (non-hydrogen) atoms. The van der Waals surface area contributed by atoms with Crippen LogP contribution in [0.3, 0.4) is 0 Å². The van der Waals surface area contributed by atoms with Crippen LogP contribution in [0.15, 0.2) is 241 Å². The molecule has 0 unspecified atom stereocenters. The largest absolute Gasteiger partial charge is 0.456 e. The average molecular weight is 834 g/mol. The van der Waals surface area contributed by atoms with Crippen LogP contribution >= 0.6 is 11.3 Å². The van der Waals surface area contributed by atoms with Gasteiger partial charge in [0.1, 0.15) is 11.2 Å². The topological polar surface area (TPSA) is 16.4 Å². The molecule has 10 aromatic carbocycles. The minimum absolute atomic E-state index is 0.519. The number of nitrogens with zero attached hydrogens (tertiary/aromatic N) is 1. The molecule has 2 aromatic heterocycles. The molecule has 0 radical (unpaired) electrons. The molecule has 0 spiro atoms. The smallest absolute Gasteiger partial charge is 0.135 e. The van der Waals surface area contributed by atoms with Crippen molar-refractivity contribution in [2.24, 2.45) is 0 Å². The Morgan fingerprint density at radius 3 is 1.78 bits per heavy atom. The maximum atomic E-state index is 6.24. The summed E-state index contributed by atoms with van der Waals surface area (Å²) in [4.78, 5) is 2.47. The van der Waals surface area contributed by atoms with Gasteiger partial charge in [-0.25, -0.2) is 0 Å². The summed E-state index contributed by atoms with van der Waals surface area (Å²) in [6, 6.07) is 86.7. The predicted molar refractivity (Wildman–Crippen MR) is 269 cm³/mol. The fraction of sp³-hybridized carbons (Fsp3) is 0.0164. The highest BCUT2D eigenvalue weighted by Gasteiger charge is 2.47. The number of fused-ring (bicyclic) bond motifs is 9. The van der Waals surface area contributed by atoms with Crippen molar-refractivity contribution < 1.29 is 4.42 Å². The first-order valence-corrected chi connectivity index (χ1v) is 22.7. The predicted octanol–water partition coefficient (Wildman–Crippen LogP) is 17.1. The molecule has 0 N–H and O–H groups in total. The highest BCUT2D eigenvalue weighted by Crippen LogP contribution is 2.59. The summed E-state index contributed by atoms with van der Waals surface area (Å²) >= 11 is 1.86. The SMILES string of the molecule is c1ccc(C2(c3ccccc3)c3ccccc3-c3c(N(c4ccc(-c5ccc6sc7ccccc7c6c5)cc4)c4cccc(-c5ccc6oc7ccccc7c6c5)c4)cccc32)cc1. The average Bonchev–Trinajstić information content (AvgIpc) is 4.03. The van der Waals surface area contributed by atoms with E-state index < -0.39 is 5.41 Å². The summed E-state index contributed by atoms with van der Waals surface area (Å²) in [5, 5.41) is 4.87. The van der Waals surface area contributed by atoms with E-state index in [1.807, 2.05) is 23.5 Å². The zero-order valence-electron chi connectivity index (χ0n) is 34.8. The lowest BCUT2D eigenvalue weighted by molar-refractivity contribution is 0.669. The van der Waals surface area contributed by atoms with Gasteiger partial charge in [-0.1, -0.05) is 170 Å². The van der Waals surface area contributed by atoms with Crippen molar-refractivity contribution in [2.45, 2.75) is 5.41 Å². The summed E-state index contributed by atoms with van der Waals surface area (Å²) in [7, 11) is 0. The Kier molecular flexibility index (Phi) is 8.34. The van der Waals surface area contributed by atoms with Crippen LogP contribution in [0.1, 0.15) is 22.3 Å². The molecule has 0 aliphatic heterocycles. The fourth-order valence-corrected chi connectivity index (χ4v) is 11.6. The van der Waals surface area contributed by atoms with Gasteiger partial charge < -0.3 is 9.32 Å². The van der Waals surface area contributed by atoms with Crippen LogP contribution < -0.4 is 4.90 Å². The number of furan rings is 1. The second kappa shape index (κ2) is 14.6. The zero-order valence-corrected chi connectivity index (χ0v) is 35.6. The van der Waals surface area contributed by atoms with Crippen molar-refractivity contribution >= 4 is 70.5 Å². The quantitative estimate of drug-likeness (QED) is 0.159. The summed E-state index contributed by atoms with van der Waals surface area (Å²) in [5.41, 5.74) is 16.8. The Morgan fingerprint density at radius 1 is 0.359 bits per heavy atom. The molecular formula is C61H39NOS. The van der Waals surface area contributed by atoms with Gasteiger partial charge in [0.25, 0.3) is 0 Å². The molecule has 0 bridgehead atoms. The molecule has 2 heterocycles. The van der Waals surface area contributed by atoms with Crippen LogP contribution in [0.2, 0.25) is 0 Å². The number of hydrogen-bond donors (Lipinski definition) is 0. The van der Waals surface area contributed by atoms with E-state index in [0.29, 0.717) is 0 Å². The lowest BCUT2D eigenvalue weighted by Crippen LogP contribution is -2.28. The molecule has 1 aliphatic rings. The van der Waals surface area contributed by atoms with Crippen molar-refractivity contribution in [1.29, 1.82) is 0 Å². The second-order valence-corrected chi connectivity index (χ2v) is 17.9. The highest BCUT2D eigenvalue weighted by molar-refractivity contribution is 7.25. The third-order valence-corrected chi connectivity index (χ3v) is 14.5. The molecule has 13 rings (SSSR count). The third kappa shape index (κ3) is 5.58. The maximum Gasteiger partial charge on any atom is 0.135 e. The summed E-state index contributed by atoms with van der Waals surface area (Å²) < 4.78 is 8.88. The monoisotopic (exact) mass is 833 g/mol. The van der Waals surface area contributed by atoms with Crippen LogP contribution in [-0.4, -0.2) is 0 Å². The van der Waals surface area contributed by atoms with Crippen molar-refractivity contribution in [3.8, 4) is 33.4 Å². The van der Waals surface area contributed by atoms with Gasteiger partial charge in [-0.2, -0.15) is 0 Å². The highest BCUT2D eigenvalue weighted by atomic mass is 32.1. The fourth-order valence-electron chi connectivity index (χ4n) is 10.5. The van der Waals surface area contributed by atoms with Gasteiger partial charge in [-0.3, -0.25) is 0 Å². The van der Waals surface area contributed by atoms with Crippen LogP contribution in [0.25, 0.3) is 75.5 Å². The van der Waals surface area contributed by atoms with Gasteiger partial charge in [0.2, 0.25) is 0 Å². The molecule has 0 amide bonds. The van der Waals surface area contributed by atoms with Crippen molar-refractivity contribution in [1.82, 2.24) is 0 Å². The number of thiophene rings is 1. The molecule has 300 valence electrons. The molecule has 0 saturated carbocycles. The summed E-state index contributed by atoms with van der Waals surface area (Å²) in [6.07, 6.45) is 0. The Bertz CT molecular complexity index is 3690. The van der Waals surface area contributed by atoms with Gasteiger partial charge in [-0.15, -0.1) is 11.3 Å². The van der Waals surface area contributed by atoms with Crippen molar-refractivity contribution in [2.75, 3.05) is 4.90 Å². The van der Waals surface area contributed by atoms with Crippen molar-refractivity contribution in [3.63, 3.8) is 0 Å². The van der Waals surface area contributed by atoms with Gasteiger partial charge in [0.15, 0.2) is 0 Å². The van der Waals surface area contributed by atoms with E-state index in [1.165, 1.54) is 64.7 Å². The number of rotatable bonds is 7. The lowest BCUT2D eigenvalue weighted by atomic mass is 9.68.